The molecule has 0 spiro atoms. The molecule has 0 saturated carbocycles. The molecule has 1 fully saturated rings. The first-order valence-corrected chi connectivity index (χ1v) is 14.3. The maximum Gasteiger partial charge on any atom is 0.508 e. The van der Waals surface area contributed by atoms with Gasteiger partial charge in [-0.25, -0.2) is 9.78 Å². The number of nitrogen functional groups attached to an aromatic ring is 1. The molecule has 0 aromatic carbocycles. The van der Waals surface area contributed by atoms with Crippen molar-refractivity contribution in [3.8, 4) is 12.3 Å². The monoisotopic (exact) mass is 560 g/mol. The first kappa shape index (κ1) is 31.3. The molecule has 1 aromatic rings. The van der Waals surface area contributed by atoms with E-state index >= 15 is 0 Å². The van der Waals surface area contributed by atoms with E-state index in [0.717, 1.165) is 25.7 Å². The number of aliphatic imine (C=N–C) groups is 1. The van der Waals surface area contributed by atoms with E-state index in [9.17, 15) is 14.0 Å². The predicted molar refractivity (Wildman–Crippen MR) is 148 cm³/mol. The molecule has 1 unspecified atom stereocenters. The lowest BCUT2D eigenvalue weighted by atomic mass is 9.93. The van der Waals surface area contributed by atoms with Gasteiger partial charge in [0.25, 0.3) is 0 Å². The highest BCUT2D eigenvalue weighted by Crippen LogP contribution is 2.38. The highest BCUT2D eigenvalue weighted by molar-refractivity contribution is 5.73. The smallest absolute Gasteiger partial charge is 0.458 e. The molecule has 2 aliphatic rings. The van der Waals surface area contributed by atoms with E-state index in [-0.39, 0.29) is 37.3 Å². The molecule has 1 aromatic heterocycles. The summed E-state index contributed by atoms with van der Waals surface area (Å²) < 4.78 is 35.8. The highest BCUT2D eigenvalue weighted by atomic mass is 19.1. The van der Waals surface area contributed by atoms with Crippen molar-refractivity contribution in [1.82, 2.24) is 9.97 Å². The number of nitrogens with two attached hydrogens (primary N) is 1. The normalized spacial score (nSPS) is 23.6. The Labute approximate surface area is 235 Å². The van der Waals surface area contributed by atoms with Crippen molar-refractivity contribution in [2.24, 2.45) is 10.9 Å². The van der Waals surface area contributed by atoms with Gasteiger partial charge in [-0.05, 0) is 38.5 Å². The molecule has 220 valence electrons. The second kappa shape index (κ2) is 15.5. The summed E-state index contributed by atoms with van der Waals surface area (Å²) in [5.74, 6) is 2.16. The Balaban J connectivity index is 1.63. The Hall–Kier alpha value is -3.26. The number of unbranched alkanes of at least 4 members (excludes halogenated alkanes) is 6. The summed E-state index contributed by atoms with van der Waals surface area (Å²) in [5, 5.41) is 0. The standard InChI is InChI=1S/C29H41FN4O6/c1-4-7-8-9-10-11-12-13-24(35)39-23-17-21(40-29(23,5-2)19-38-28(36)37-6-3)16-20-14-15-22-25(32-18-20)26(31)34-27(30)33-22/h2,18,20-21,23H,4,6-17,19H2,1,3H3,(H2,31,33,34)/t20?,21-,23-,29+/m0/s1. The van der Waals surface area contributed by atoms with Crippen LogP contribution in [-0.4, -0.2) is 59.3 Å². The number of carbonyl (C=O) groups is 2. The molecule has 0 amide bonds. The summed E-state index contributed by atoms with van der Waals surface area (Å²) in [5.41, 5.74) is 5.21. The molecule has 0 aliphatic carbocycles. The van der Waals surface area contributed by atoms with E-state index < -0.39 is 30.0 Å². The van der Waals surface area contributed by atoms with Crippen LogP contribution in [-0.2, 0) is 30.2 Å². The van der Waals surface area contributed by atoms with Crippen LogP contribution in [0.2, 0.25) is 0 Å². The average molecular weight is 561 g/mol. The summed E-state index contributed by atoms with van der Waals surface area (Å²) in [6.45, 7) is 3.67. The molecule has 40 heavy (non-hydrogen) atoms. The van der Waals surface area contributed by atoms with Crippen molar-refractivity contribution < 1.29 is 32.9 Å². The van der Waals surface area contributed by atoms with Gasteiger partial charge in [0.1, 0.15) is 18.4 Å². The molecule has 1 saturated heterocycles. The second-order valence-electron chi connectivity index (χ2n) is 10.3. The van der Waals surface area contributed by atoms with E-state index in [1.807, 2.05) is 0 Å². The number of nitrogens with zero attached hydrogens (tertiary/aromatic N) is 3. The van der Waals surface area contributed by atoms with Crippen LogP contribution in [0.5, 0.6) is 0 Å². The van der Waals surface area contributed by atoms with Crippen LogP contribution in [0.4, 0.5) is 20.7 Å². The fourth-order valence-corrected chi connectivity index (χ4v) is 5.10. The van der Waals surface area contributed by atoms with Gasteiger partial charge in [0.05, 0.1) is 18.4 Å². The number of rotatable bonds is 14. The molecule has 10 nitrogen and oxygen atoms in total. The zero-order valence-corrected chi connectivity index (χ0v) is 23.5. The van der Waals surface area contributed by atoms with Crippen LogP contribution in [0.3, 0.4) is 0 Å². The molecule has 2 N–H and O–H groups in total. The third-order valence-electron chi connectivity index (χ3n) is 7.23. The molecule has 4 atom stereocenters. The van der Waals surface area contributed by atoms with Crippen molar-refractivity contribution >= 4 is 29.8 Å². The number of esters is 1. The van der Waals surface area contributed by atoms with Gasteiger partial charge < -0.3 is 24.7 Å². The summed E-state index contributed by atoms with van der Waals surface area (Å²) in [6.07, 6.45) is 14.4. The number of fused-ring (bicyclic) bond motifs is 1. The number of aromatic nitrogens is 2. The van der Waals surface area contributed by atoms with Gasteiger partial charge in [0, 0.05) is 19.1 Å². The van der Waals surface area contributed by atoms with E-state index in [4.69, 9.17) is 31.1 Å². The van der Waals surface area contributed by atoms with Gasteiger partial charge in [-0.2, -0.15) is 9.37 Å². The van der Waals surface area contributed by atoms with Gasteiger partial charge >= 0.3 is 18.2 Å². The van der Waals surface area contributed by atoms with Crippen LogP contribution in [0.25, 0.3) is 0 Å². The first-order valence-electron chi connectivity index (χ1n) is 14.3. The summed E-state index contributed by atoms with van der Waals surface area (Å²) >= 11 is 0. The molecule has 0 bridgehead atoms. The van der Waals surface area contributed by atoms with Crippen LogP contribution in [0, 0.1) is 24.3 Å². The van der Waals surface area contributed by atoms with Crippen molar-refractivity contribution in [2.75, 3.05) is 18.9 Å². The van der Waals surface area contributed by atoms with Crippen LogP contribution < -0.4 is 5.73 Å². The Morgan fingerprint density at radius 1 is 1.18 bits per heavy atom. The summed E-state index contributed by atoms with van der Waals surface area (Å²) in [6, 6.07) is 0. The number of terminal acetylenes is 1. The van der Waals surface area contributed by atoms with Crippen molar-refractivity contribution in [1.29, 1.82) is 0 Å². The largest absolute Gasteiger partial charge is 0.508 e. The average Bonchev–Trinajstić information content (AvgIpc) is 3.11. The molecule has 2 aliphatic heterocycles. The van der Waals surface area contributed by atoms with E-state index in [1.54, 1.807) is 13.1 Å². The van der Waals surface area contributed by atoms with E-state index in [2.05, 4.69) is 27.8 Å². The zero-order valence-electron chi connectivity index (χ0n) is 23.5. The Kier molecular flexibility index (Phi) is 12.1. The maximum atomic E-state index is 13.6. The maximum absolute atomic E-state index is 13.6. The number of aryl methyl sites for hydroxylation is 1. The zero-order chi connectivity index (χ0) is 29.0. The summed E-state index contributed by atoms with van der Waals surface area (Å²) in [4.78, 5) is 36.5. The van der Waals surface area contributed by atoms with E-state index in [1.165, 1.54) is 19.3 Å². The Morgan fingerprint density at radius 3 is 2.65 bits per heavy atom. The molecular weight excluding hydrogens is 519 g/mol. The van der Waals surface area contributed by atoms with Crippen LogP contribution in [0.1, 0.15) is 90.2 Å². The van der Waals surface area contributed by atoms with Crippen LogP contribution >= 0.6 is 0 Å². The lowest BCUT2D eigenvalue weighted by Crippen LogP contribution is -2.45. The number of hydrogen-bond donors (Lipinski definition) is 1. The van der Waals surface area contributed by atoms with Gasteiger partial charge in [-0.3, -0.25) is 9.79 Å². The number of anilines is 1. The first-order chi connectivity index (χ1) is 19.3. The van der Waals surface area contributed by atoms with E-state index in [0.29, 0.717) is 37.1 Å². The summed E-state index contributed by atoms with van der Waals surface area (Å²) in [7, 11) is 0. The third-order valence-corrected chi connectivity index (χ3v) is 7.23. The van der Waals surface area contributed by atoms with Crippen molar-refractivity contribution in [3.05, 3.63) is 11.8 Å². The number of carbonyl (C=O) groups excluding carboxylic acids is 2. The van der Waals surface area contributed by atoms with Gasteiger partial charge in [-0.15, -0.1) is 6.42 Å². The molecule has 0 radical (unpaired) electrons. The van der Waals surface area contributed by atoms with Crippen molar-refractivity contribution in [2.45, 2.75) is 109 Å². The SMILES string of the molecule is C#C[C@]1(COC(=O)OCC)O[C@@H](CC2C=Nc3c(N)nc(F)nc3CC2)C[C@@H]1OC(=O)CCCCCCCCC. The highest BCUT2D eigenvalue weighted by Gasteiger charge is 2.51. The second-order valence-corrected chi connectivity index (χ2v) is 10.3. The number of hydrogen-bond acceptors (Lipinski definition) is 10. The van der Waals surface area contributed by atoms with Crippen LogP contribution in [0.15, 0.2) is 4.99 Å². The quantitative estimate of drug-likeness (QED) is 0.140. The molecular formula is C29H41FN4O6. The molecule has 11 heteroatoms. The molecule has 3 rings (SSSR count). The Bertz CT molecular complexity index is 1080. The van der Waals surface area contributed by atoms with Gasteiger partial charge in [0.15, 0.2) is 11.4 Å². The number of halogens is 1. The Morgan fingerprint density at radius 2 is 1.93 bits per heavy atom. The molecule has 3 heterocycles. The van der Waals surface area contributed by atoms with Gasteiger partial charge in [-0.1, -0.05) is 51.4 Å². The minimum Gasteiger partial charge on any atom is -0.458 e. The predicted octanol–water partition coefficient (Wildman–Crippen LogP) is 5.24. The fourth-order valence-electron chi connectivity index (χ4n) is 5.10. The number of ether oxygens (including phenoxy) is 4. The lowest BCUT2D eigenvalue weighted by Gasteiger charge is -2.28. The topological polar surface area (TPSA) is 135 Å². The van der Waals surface area contributed by atoms with Gasteiger partial charge in [0.2, 0.25) is 0 Å². The van der Waals surface area contributed by atoms with Crippen molar-refractivity contribution in [3.63, 3.8) is 0 Å². The minimum absolute atomic E-state index is 0.00749. The lowest BCUT2D eigenvalue weighted by molar-refractivity contribution is -0.158. The fraction of sp³-hybridized carbons (Fsp3) is 0.690. The third kappa shape index (κ3) is 8.88. The minimum atomic E-state index is -1.45.